The number of alkyl halides is 3. The molecule has 1 aromatic carbocycles. The van der Waals surface area contributed by atoms with Crippen molar-refractivity contribution in [3.8, 4) is 11.3 Å². The number of halogens is 3. The van der Waals surface area contributed by atoms with Crippen molar-refractivity contribution in [1.29, 1.82) is 0 Å². The molecule has 40 heavy (non-hydrogen) atoms. The molecule has 0 aliphatic carbocycles. The summed E-state index contributed by atoms with van der Waals surface area (Å²) in [5.41, 5.74) is 7.32. The third kappa shape index (κ3) is 4.51. The molecule has 0 radical (unpaired) electrons. The molecule has 6 rings (SSSR count). The second-order valence-corrected chi connectivity index (χ2v) is 9.98. The Morgan fingerprint density at radius 2 is 1.88 bits per heavy atom. The van der Waals surface area contributed by atoms with Gasteiger partial charge in [-0.3, -0.25) is 14.0 Å². The smallest absolute Gasteiger partial charge is 0.383 e. The Morgan fingerprint density at radius 3 is 2.62 bits per heavy atom. The van der Waals surface area contributed by atoms with E-state index in [-0.39, 0.29) is 35.1 Å². The van der Waals surface area contributed by atoms with Crippen LogP contribution in [0.2, 0.25) is 0 Å². The van der Waals surface area contributed by atoms with E-state index in [1.54, 1.807) is 29.4 Å². The minimum Gasteiger partial charge on any atom is -0.383 e. The zero-order valence-electron chi connectivity index (χ0n) is 21.0. The van der Waals surface area contributed by atoms with E-state index in [2.05, 4.69) is 15.3 Å². The number of imidazole rings is 1. The number of fused-ring (bicyclic) bond motifs is 2. The van der Waals surface area contributed by atoms with Gasteiger partial charge in [0.05, 0.1) is 5.56 Å². The number of aliphatic hydroxyl groups excluding tert-OH is 1. The van der Waals surface area contributed by atoms with Crippen LogP contribution in [0, 0.1) is 0 Å². The first kappa shape index (κ1) is 25.7. The Morgan fingerprint density at radius 1 is 1.10 bits per heavy atom. The number of benzene rings is 1. The van der Waals surface area contributed by atoms with Crippen molar-refractivity contribution >= 4 is 29.0 Å². The first-order valence-corrected chi connectivity index (χ1v) is 12.7. The number of hydrogen-bond donors (Lipinski definition) is 3. The summed E-state index contributed by atoms with van der Waals surface area (Å²) < 4.78 is 40.8. The van der Waals surface area contributed by atoms with Gasteiger partial charge in [0.1, 0.15) is 34.8 Å². The Bertz CT molecular complexity index is 1620. The fourth-order valence-corrected chi connectivity index (χ4v) is 5.52. The van der Waals surface area contributed by atoms with Crippen molar-refractivity contribution in [1.82, 2.24) is 24.3 Å². The third-order valence-corrected chi connectivity index (χ3v) is 7.49. The number of nitrogens with zero attached hydrogens (tertiary/aromatic N) is 5. The van der Waals surface area contributed by atoms with E-state index in [4.69, 9.17) is 10.7 Å². The van der Waals surface area contributed by atoms with E-state index < -0.39 is 23.8 Å². The Hall–Kier alpha value is -4.52. The highest BCUT2D eigenvalue weighted by Crippen LogP contribution is 2.38. The normalized spacial score (nSPS) is 21.1. The summed E-state index contributed by atoms with van der Waals surface area (Å²) in [5.74, 6) is -0.209. The fraction of sp³-hybridized carbons (Fsp3) is 0.296. The summed E-state index contributed by atoms with van der Waals surface area (Å²) in [5, 5.41) is 12.4. The molecule has 13 heteroatoms. The highest BCUT2D eigenvalue weighted by Gasteiger charge is 2.43. The van der Waals surface area contributed by atoms with E-state index in [0.29, 0.717) is 35.6 Å². The molecule has 206 valence electrons. The SMILES string of the molecule is Nc1nccn2c(C3CCC4CC(O)C(=O)N4C3)nc(-c3ccc(C(=O)Nc4cc(C(F)(F)F)ccn4)cc3)c12. The molecule has 2 saturated heterocycles. The first-order valence-electron chi connectivity index (χ1n) is 12.7. The lowest BCUT2D eigenvalue weighted by atomic mass is 9.92. The number of carbonyl (C=O) groups is 2. The monoisotopic (exact) mass is 551 g/mol. The Labute approximate surface area is 225 Å². The molecule has 2 aliphatic heterocycles. The molecule has 10 nitrogen and oxygen atoms in total. The van der Waals surface area contributed by atoms with Crippen LogP contribution in [0.5, 0.6) is 0 Å². The number of aliphatic hydroxyl groups is 1. The molecule has 2 amide bonds. The molecule has 0 saturated carbocycles. The van der Waals surface area contributed by atoms with Crippen LogP contribution in [0.3, 0.4) is 0 Å². The van der Waals surface area contributed by atoms with Crippen LogP contribution < -0.4 is 11.1 Å². The summed E-state index contributed by atoms with van der Waals surface area (Å²) >= 11 is 0. The Kier molecular flexibility index (Phi) is 6.17. The van der Waals surface area contributed by atoms with Crippen molar-refractivity contribution in [3.05, 3.63) is 71.9 Å². The molecular weight excluding hydrogens is 527 g/mol. The predicted octanol–water partition coefficient (Wildman–Crippen LogP) is 3.48. The van der Waals surface area contributed by atoms with Crippen molar-refractivity contribution < 1.29 is 27.9 Å². The molecule has 3 aromatic heterocycles. The average molecular weight is 552 g/mol. The van der Waals surface area contributed by atoms with Crippen LogP contribution >= 0.6 is 0 Å². The summed E-state index contributed by atoms with van der Waals surface area (Å²) in [6, 6.07) is 8.03. The van der Waals surface area contributed by atoms with Gasteiger partial charge in [0.25, 0.3) is 11.8 Å². The topological polar surface area (TPSA) is 139 Å². The van der Waals surface area contributed by atoms with Crippen molar-refractivity contribution in [2.75, 3.05) is 17.6 Å². The molecule has 4 aromatic rings. The number of carbonyl (C=O) groups excluding carboxylic acids is 2. The maximum Gasteiger partial charge on any atom is 0.416 e. The van der Waals surface area contributed by atoms with Gasteiger partial charge in [-0.1, -0.05) is 12.1 Å². The van der Waals surface area contributed by atoms with Crippen molar-refractivity contribution in [2.45, 2.75) is 43.5 Å². The number of pyridine rings is 1. The molecule has 3 atom stereocenters. The summed E-state index contributed by atoms with van der Waals surface area (Å²) in [6.07, 6.45) is 0.772. The van der Waals surface area contributed by atoms with E-state index in [1.165, 1.54) is 12.1 Å². The van der Waals surface area contributed by atoms with Gasteiger partial charge < -0.3 is 21.1 Å². The van der Waals surface area contributed by atoms with Gasteiger partial charge in [0.15, 0.2) is 0 Å². The number of amides is 2. The minimum atomic E-state index is -4.56. The number of nitrogens with two attached hydrogens (primary N) is 1. The van der Waals surface area contributed by atoms with Gasteiger partial charge in [-0.25, -0.2) is 15.0 Å². The standard InChI is InChI=1S/C27H24F3N7O3/c28-27(29,30)17-7-8-32-20(11-17)34-25(39)15-3-1-14(2-4-15)21-22-23(31)33-9-10-36(22)24(35-21)16-5-6-18-12-19(38)26(40)37(18)13-16/h1-4,7-11,16,18-19,38H,5-6,12-13H2,(H2,31,33)(H,32,34,39). The number of aromatic nitrogens is 4. The number of nitrogens with one attached hydrogen (secondary N) is 1. The maximum absolute atomic E-state index is 13.0. The lowest BCUT2D eigenvalue weighted by molar-refractivity contribution is -0.137. The third-order valence-electron chi connectivity index (χ3n) is 7.49. The van der Waals surface area contributed by atoms with Crippen LogP contribution in [-0.4, -0.2) is 59.9 Å². The highest BCUT2D eigenvalue weighted by atomic mass is 19.4. The van der Waals surface area contributed by atoms with Gasteiger partial charge in [-0.15, -0.1) is 0 Å². The molecular formula is C27H24F3N7O3. The number of nitrogen functional groups attached to an aromatic ring is 1. The predicted molar refractivity (Wildman–Crippen MR) is 138 cm³/mol. The molecule has 5 heterocycles. The van der Waals surface area contributed by atoms with Gasteiger partial charge in [0, 0.05) is 54.6 Å². The average Bonchev–Trinajstić information content (AvgIpc) is 3.46. The second kappa shape index (κ2) is 9.59. The number of anilines is 2. The summed E-state index contributed by atoms with van der Waals surface area (Å²) in [7, 11) is 0. The lowest BCUT2D eigenvalue weighted by Gasteiger charge is -2.34. The Balaban J connectivity index is 1.28. The van der Waals surface area contributed by atoms with Gasteiger partial charge in [-0.05, 0) is 37.1 Å². The lowest BCUT2D eigenvalue weighted by Crippen LogP contribution is -2.42. The molecule has 2 fully saturated rings. The van der Waals surface area contributed by atoms with Crippen LogP contribution in [0.1, 0.15) is 46.9 Å². The second-order valence-electron chi connectivity index (χ2n) is 9.98. The van der Waals surface area contributed by atoms with Crippen LogP contribution in [0.15, 0.2) is 55.0 Å². The van der Waals surface area contributed by atoms with E-state index in [0.717, 1.165) is 31.2 Å². The largest absolute Gasteiger partial charge is 0.416 e. The zero-order valence-corrected chi connectivity index (χ0v) is 21.0. The van der Waals surface area contributed by atoms with E-state index in [1.807, 2.05) is 4.40 Å². The molecule has 0 bridgehead atoms. The number of hydrogen-bond acceptors (Lipinski definition) is 7. The van der Waals surface area contributed by atoms with Gasteiger partial charge >= 0.3 is 6.18 Å². The van der Waals surface area contributed by atoms with Crippen LogP contribution in [0.25, 0.3) is 16.8 Å². The number of piperidine rings is 1. The van der Waals surface area contributed by atoms with Gasteiger partial charge in [-0.2, -0.15) is 13.2 Å². The van der Waals surface area contributed by atoms with Crippen LogP contribution in [0.4, 0.5) is 24.8 Å². The quantitative estimate of drug-likeness (QED) is 0.353. The maximum atomic E-state index is 13.0. The zero-order chi connectivity index (χ0) is 28.2. The van der Waals surface area contributed by atoms with Crippen molar-refractivity contribution in [3.63, 3.8) is 0 Å². The minimum absolute atomic E-state index is 0.0287. The van der Waals surface area contributed by atoms with Gasteiger partial charge in [0.2, 0.25) is 0 Å². The highest BCUT2D eigenvalue weighted by molar-refractivity contribution is 6.04. The van der Waals surface area contributed by atoms with E-state index >= 15 is 0 Å². The van der Waals surface area contributed by atoms with E-state index in [9.17, 15) is 27.9 Å². The molecule has 2 aliphatic rings. The van der Waals surface area contributed by atoms with Crippen LogP contribution in [-0.2, 0) is 11.0 Å². The summed E-state index contributed by atoms with van der Waals surface area (Å²) in [6.45, 7) is 0.435. The molecule has 4 N–H and O–H groups in total. The molecule has 0 spiro atoms. The number of rotatable bonds is 4. The first-order chi connectivity index (χ1) is 19.1. The molecule has 3 unspecified atom stereocenters. The van der Waals surface area contributed by atoms with Crippen molar-refractivity contribution in [2.24, 2.45) is 0 Å². The summed E-state index contributed by atoms with van der Waals surface area (Å²) in [4.78, 5) is 39.8. The fourth-order valence-electron chi connectivity index (χ4n) is 5.52.